The molecule has 2 bridgehead atoms. The minimum absolute atomic E-state index is 0.0731. The summed E-state index contributed by atoms with van der Waals surface area (Å²) in [5.41, 5.74) is 3.11. The van der Waals surface area contributed by atoms with Crippen molar-refractivity contribution < 1.29 is 5.11 Å². The van der Waals surface area contributed by atoms with E-state index in [-0.39, 0.29) is 6.61 Å². The smallest absolute Gasteiger partial charge is 0.0717 e. The first-order valence-electron chi connectivity index (χ1n) is 7.45. The van der Waals surface area contributed by atoms with Crippen molar-refractivity contribution in [2.24, 2.45) is 17.8 Å². The third kappa shape index (κ3) is 2.48. The van der Waals surface area contributed by atoms with E-state index in [0.29, 0.717) is 0 Å². The molecular formula is C16H24N2O. The van der Waals surface area contributed by atoms with Crippen LogP contribution in [-0.4, -0.2) is 23.7 Å². The van der Waals surface area contributed by atoms with Crippen molar-refractivity contribution in [3.63, 3.8) is 0 Å². The number of pyridine rings is 1. The summed E-state index contributed by atoms with van der Waals surface area (Å²) in [4.78, 5) is 6.60. The Labute approximate surface area is 115 Å². The van der Waals surface area contributed by atoms with Crippen LogP contribution < -0.4 is 4.90 Å². The SMILES string of the molecule is Cc1cc(N(C)CC2CC3CCC2C3)c(CO)cn1. The molecule has 3 rings (SSSR count). The van der Waals surface area contributed by atoms with Crippen LogP contribution in [0, 0.1) is 24.7 Å². The monoisotopic (exact) mass is 260 g/mol. The Morgan fingerprint density at radius 1 is 1.37 bits per heavy atom. The summed E-state index contributed by atoms with van der Waals surface area (Å²) in [6.07, 6.45) is 7.57. The van der Waals surface area contributed by atoms with Crippen molar-refractivity contribution >= 4 is 5.69 Å². The van der Waals surface area contributed by atoms with Gasteiger partial charge in [-0.1, -0.05) is 6.42 Å². The summed E-state index contributed by atoms with van der Waals surface area (Å²) in [7, 11) is 2.15. The quantitative estimate of drug-likeness (QED) is 0.904. The lowest BCUT2D eigenvalue weighted by Crippen LogP contribution is -2.29. The number of aryl methyl sites for hydroxylation is 1. The molecule has 3 unspecified atom stereocenters. The standard InChI is InChI=1S/C16H24N2O/c1-11-5-16(15(10-19)8-17-11)18(2)9-14-7-12-3-4-13(14)6-12/h5,8,12-14,19H,3-4,6-7,9-10H2,1-2H3. The van der Waals surface area contributed by atoms with Crippen LogP contribution in [0.1, 0.15) is 36.9 Å². The van der Waals surface area contributed by atoms with Gasteiger partial charge in [0.2, 0.25) is 0 Å². The first kappa shape index (κ1) is 12.9. The van der Waals surface area contributed by atoms with E-state index in [1.807, 2.05) is 13.1 Å². The second kappa shape index (κ2) is 5.12. The zero-order valence-corrected chi connectivity index (χ0v) is 12.0. The van der Waals surface area contributed by atoms with Gasteiger partial charge in [-0.15, -0.1) is 0 Å². The van der Waals surface area contributed by atoms with Crippen molar-refractivity contribution in [3.05, 3.63) is 23.5 Å². The van der Waals surface area contributed by atoms with Crippen LogP contribution in [0.3, 0.4) is 0 Å². The highest BCUT2D eigenvalue weighted by Crippen LogP contribution is 2.48. The van der Waals surface area contributed by atoms with E-state index in [9.17, 15) is 5.11 Å². The van der Waals surface area contributed by atoms with E-state index in [2.05, 4.69) is 23.0 Å². The maximum Gasteiger partial charge on any atom is 0.0717 e. The molecule has 1 heterocycles. The van der Waals surface area contributed by atoms with Crippen molar-refractivity contribution in [1.29, 1.82) is 0 Å². The zero-order chi connectivity index (χ0) is 13.4. The molecule has 0 aromatic carbocycles. The fraction of sp³-hybridized carbons (Fsp3) is 0.688. The Morgan fingerprint density at radius 2 is 2.21 bits per heavy atom. The van der Waals surface area contributed by atoms with Crippen molar-refractivity contribution in [1.82, 2.24) is 4.98 Å². The van der Waals surface area contributed by atoms with Gasteiger partial charge in [0.1, 0.15) is 0 Å². The van der Waals surface area contributed by atoms with Gasteiger partial charge >= 0.3 is 0 Å². The van der Waals surface area contributed by atoms with E-state index < -0.39 is 0 Å². The van der Waals surface area contributed by atoms with Crippen molar-refractivity contribution in [2.45, 2.75) is 39.2 Å². The minimum Gasteiger partial charge on any atom is -0.392 e. The van der Waals surface area contributed by atoms with Gasteiger partial charge in [0.05, 0.1) is 6.61 Å². The first-order valence-corrected chi connectivity index (χ1v) is 7.45. The van der Waals surface area contributed by atoms with E-state index >= 15 is 0 Å². The molecule has 0 spiro atoms. The Morgan fingerprint density at radius 3 is 2.84 bits per heavy atom. The van der Waals surface area contributed by atoms with E-state index in [0.717, 1.165) is 41.2 Å². The predicted molar refractivity (Wildman–Crippen MR) is 77.1 cm³/mol. The molecule has 3 heteroatoms. The lowest BCUT2D eigenvalue weighted by atomic mass is 9.88. The molecule has 0 saturated heterocycles. The highest BCUT2D eigenvalue weighted by atomic mass is 16.3. The Balaban J connectivity index is 1.73. The van der Waals surface area contributed by atoms with Crippen molar-refractivity contribution in [2.75, 3.05) is 18.5 Å². The molecule has 1 aromatic rings. The molecule has 2 saturated carbocycles. The first-order chi connectivity index (χ1) is 9.17. The maximum absolute atomic E-state index is 9.46. The van der Waals surface area contributed by atoms with Crippen LogP contribution in [0.2, 0.25) is 0 Å². The van der Waals surface area contributed by atoms with Crippen LogP contribution in [0.25, 0.3) is 0 Å². The molecule has 3 atom stereocenters. The largest absolute Gasteiger partial charge is 0.392 e. The second-order valence-corrected chi connectivity index (χ2v) is 6.43. The highest BCUT2D eigenvalue weighted by molar-refractivity contribution is 5.52. The lowest BCUT2D eigenvalue weighted by Gasteiger charge is -2.29. The van der Waals surface area contributed by atoms with Crippen LogP contribution in [0.4, 0.5) is 5.69 Å². The molecule has 2 aliphatic carbocycles. The molecule has 1 N–H and O–H groups in total. The minimum atomic E-state index is 0.0731. The number of hydrogen-bond acceptors (Lipinski definition) is 3. The Kier molecular flexibility index (Phi) is 3.48. The summed E-state index contributed by atoms with van der Waals surface area (Å²) in [5, 5.41) is 9.46. The number of anilines is 1. The molecule has 3 nitrogen and oxygen atoms in total. The normalized spacial score (nSPS) is 28.9. The average molecular weight is 260 g/mol. The third-order valence-electron chi connectivity index (χ3n) is 5.07. The zero-order valence-electron chi connectivity index (χ0n) is 12.0. The van der Waals surface area contributed by atoms with Crippen LogP contribution in [-0.2, 0) is 6.61 Å². The topological polar surface area (TPSA) is 36.4 Å². The van der Waals surface area contributed by atoms with E-state index in [4.69, 9.17) is 0 Å². The average Bonchev–Trinajstić information content (AvgIpc) is 3.01. The highest BCUT2D eigenvalue weighted by Gasteiger charge is 2.39. The van der Waals surface area contributed by atoms with Gasteiger partial charge in [0.15, 0.2) is 0 Å². The summed E-state index contributed by atoms with van der Waals surface area (Å²) >= 11 is 0. The van der Waals surface area contributed by atoms with Gasteiger partial charge in [-0.05, 0) is 50.0 Å². The summed E-state index contributed by atoms with van der Waals surface area (Å²) in [5.74, 6) is 2.80. The van der Waals surface area contributed by atoms with Gasteiger partial charge in [0.25, 0.3) is 0 Å². The van der Waals surface area contributed by atoms with Crippen LogP contribution in [0.15, 0.2) is 12.3 Å². The molecule has 1 aromatic heterocycles. The summed E-state index contributed by atoms with van der Waals surface area (Å²) in [6, 6.07) is 2.10. The lowest BCUT2D eigenvalue weighted by molar-refractivity contribution is 0.281. The maximum atomic E-state index is 9.46. The van der Waals surface area contributed by atoms with Gasteiger partial charge in [-0.2, -0.15) is 0 Å². The van der Waals surface area contributed by atoms with E-state index in [1.165, 1.54) is 25.7 Å². The van der Waals surface area contributed by atoms with E-state index in [1.54, 1.807) is 0 Å². The molecule has 2 fully saturated rings. The number of hydrogen-bond donors (Lipinski definition) is 1. The summed E-state index contributed by atoms with van der Waals surface area (Å²) < 4.78 is 0. The molecule has 104 valence electrons. The Bertz CT molecular complexity index is 460. The fourth-order valence-corrected chi connectivity index (χ4v) is 4.10. The second-order valence-electron chi connectivity index (χ2n) is 6.43. The van der Waals surface area contributed by atoms with Gasteiger partial charge in [-0.3, -0.25) is 4.98 Å². The molecular weight excluding hydrogens is 236 g/mol. The van der Waals surface area contributed by atoms with Gasteiger partial charge in [-0.25, -0.2) is 0 Å². The Hall–Kier alpha value is -1.09. The van der Waals surface area contributed by atoms with Gasteiger partial charge < -0.3 is 10.0 Å². The fourth-order valence-electron chi connectivity index (χ4n) is 4.10. The van der Waals surface area contributed by atoms with Crippen LogP contribution >= 0.6 is 0 Å². The van der Waals surface area contributed by atoms with Crippen LogP contribution in [0.5, 0.6) is 0 Å². The number of aliphatic hydroxyl groups excluding tert-OH is 1. The number of nitrogens with zero attached hydrogens (tertiary/aromatic N) is 2. The molecule has 0 aliphatic heterocycles. The number of fused-ring (bicyclic) bond motifs is 2. The molecule has 2 aliphatic rings. The predicted octanol–water partition coefficient (Wildman–Crippen LogP) is 2.75. The number of aromatic nitrogens is 1. The van der Waals surface area contributed by atoms with Gasteiger partial charge in [0, 0.05) is 36.7 Å². The number of aliphatic hydroxyl groups is 1. The molecule has 0 radical (unpaired) electrons. The summed E-state index contributed by atoms with van der Waals surface area (Å²) in [6.45, 7) is 3.21. The molecule has 0 amide bonds. The third-order valence-corrected chi connectivity index (χ3v) is 5.07. The van der Waals surface area contributed by atoms with Crippen molar-refractivity contribution in [3.8, 4) is 0 Å². The molecule has 19 heavy (non-hydrogen) atoms. The number of rotatable bonds is 4.